The zero-order valence-electron chi connectivity index (χ0n) is 13.9. The average molecular weight is 310 g/mol. The second-order valence-corrected chi connectivity index (χ2v) is 6.25. The van der Waals surface area contributed by atoms with Gasteiger partial charge in [-0.05, 0) is 25.0 Å². The third kappa shape index (κ3) is 2.74. The first-order valence-corrected chi connectivity index (χ1v) is 8.21. The molecular weight excluding hydrogens is 288 g/mol. The van der Waals surface area contributed by atoms with Gasteiger partial charge >= 0.3 is 0 Å². The number of hydrogen-bond donors (Lipinski definition) is 0. The van der Waals surface area contributed by atoms with Crippen LogP contribution in [0, 0.1) is 0 Å². The summed E-state index contributed by atoms with van der Waals surface area (Å²) in [6.45, 7) is 5.29. The third-order valence-electron chi connectivity index (χ3n) is 4.60. The standard InChI is InChI=1S/C19H22N2O2/c1-4-7-16-15(12(2)22)11-17(20-16)19-10-14-8-5-6-9-18(14)21(19)13(3)23/h5-6,8-9,19H,4,7,10-11H2,1-3H3. The monoisotopic (exact) mass is 310 g/mol. The van der Waals surface area contributed by atoms with E-state index in [0.717, 1.165) is 41.9 Å². The molecule has 0 radical (unpaired) electrons. The number of Topliss-reactive ketones (excluding diaryl/α,β-unsaturated/α-hetero) is 1. The number of carbonyl (C=O) groups is 2. The summed E-state index contributed by atoms with van der Waals surface area (Å²) >= 11 is 0. The summed E-state index contributed by atoms with van der Waals surface area (Å²) in [4.78, 5) is 30.7. The van der Waals surface area contributed by atoms with Gasteiger partial charge in [0.05, 0.1) is 6.04 Å². The van der Waals surface area contributed by atoms with Gasteiger partial charge in [-0.3, -0.25) is 14.6 Å². The van der Waals surface area contributed by atoms with E-state index in [4.69, 9.17) is 4.99 Å². The van der Waals surface area contributed by atoms with Crippen LogP contribution in [0.3, 0.4) is 0 Å². The summed E-state index contributed by atoms with van der Waals surface area (Å²) in [6.07, 6.45) is 3.13. The van der Waals surface area contributed by atoms with Gasteiger partial charge in [0.15, 0.2) is 5.78 Å². The Bertz CT molecular complexity index is 731. The smallest absolute Gasteiger partial charge is 0.224 e. The molecule has 2 aliphatic rings. The highest BCUT2D eigenvalue weighted by Crippen LogP contribution is 2.36. The largest absolute Gasteiger partial charge is 0.303 e. The lowest BCUT2D eigenvalue weighted by atomic mass is 9.99. The van der Waals surface area contributed by atoms with E-state index < -0.39 is 0 Å². The molecule has 4 nitrogen and oxygen atoms in total. The van der Waals surface area contributed by atoms with Gasteiger partial charge in [-0.2, -0.15) is 0 Å². The van der Waals surface area contributed by atoms with Gasteiger partial charge in [0.25, 0.3) is 0 Å². The van der Waals surface area contributed by atoms with E-state index in [9.17, 15) is 9.59 Å². The van der Waals surface area contributed by atoms with Gasteiger partial charge in [-0.25, -0.2) is 0 Å². The minimum absolute atomic E-state index is 0.0240. The van der Waals surface area contributed by atoms with Crippen molar-refractivity contribution in [2.45, 2.75) is 52.5 Å². The number of rotatable bonds is 4. The van der Waals surface area contributed by atoms with Crippen LogP contribution in [0.25, 0.3) is 0 Å². The molecule has 1 amide bonds. The Labute approximate surface area is 136 Å². The van der Waals surface area contributed by atoms with Crippen LogP contribution in [0.4, 0.5) is 5.69 Å². The fourth-order valence-corrected chi connectivity index (χ4v) is 3.57. The molecule has 1 aromatic rings. The van der Waals surface area contributed by atoms with E-state index in [0.29, 0.717) is 6.42 Å². The van der Waals surface area contributed by atoms with Crippen LogP contribution in [0.1, 0.15) is 45.6 Å². The van der Waals surface area contributed by atoms with Crippen LogP contribution in [0.5, 0.6) is 0 Å². The van der Waals surface area contributed by atoms with Gasteiger partial charge in [0.2, 0.25) is 5.91 Å². The lowest BCUT2D eigenvalue weighted by Crippen LogP contribution is -2.41. The number of hydrogen-bond acceptors (Lipinski definition) is 3. The number of anilines is 1. The number of benzene rings is 1. The summed E-state index contributed by atoms with van der Waals surface area (Å²) in [7, 11) is 0. The fourth-order valence-electron chi connectivity index (χ4n) is 3.57. The van der Waals surface area contributed by atoms with Crippen LogP contribution >= 0.6 is 0 Å². The van der Waals surface area contributed by atoms with Crippen molar-refractivity contribution in [1.82, 2.24) is 0 Å². The molecular formula is C19H22N2O2. The predicted molar refractivity (Wildman–Crippen MR) is 91.8 cm³/mol. The van der Waals surface area contributed by atoms with Crippen molar-refractivity contribution in [3.63, 3.8) is 0 Å². The van der Waals surface area contributed by atoms with Crippen LogP contribution in [-0.2, 0) is 16.0 Å². The van der Waals surface area contributed by atoms with Gasteiger partial charge in [-0.1, -0.05) is 31.5 Å². The molecule has 0 saturated heterocycles. The third-order valence-corrected chi connectivity index (χ3v) is 4.60. The first-order chi connectivity index (χ1) is 11.0. The summed E-state index contributed by atoms with van der Waals surface area (Å²) in [5.74, 6) is 0.119. The number of carbonyl (C=O) groups excluding carboxylic acids is 2. The van der Waals surface area contributed by atoms with Crippen LogP contribution < -0.4 is 4.90 Å². The lowest BCUT2D eigenvalue weighted by Gasteiger charge is -2.24. The van der Waals surface area contributed by atoms with Gasteiger partial charge in [0.1, 0.15) is 0 Å². The minimum Gasteiger partial charge on any atom is -0.303 e. The summed E-state index contributed by atoms with van der Waals surface area (Å²) in [6, 6.07) is 7.94. The number of para-hydroxylation sites is 1. The molecule has 0 fully saturated rings. The van der Waals surface area contributed by atoms with Crippen LogP contribution in [0.2, 0.25) is 0 Å². The molecule has 4 heteroatoms. The van der Waals surface area contributed by atoms with Crippen molar-refractivity contribution in [2.75, 3.05) is 4.90 Å². The molecule has 2 aliphatic heterocycles. The minimum atomic E-state index is -0.0615. The van der Waals surface area contributed by atoms with Crippen molar-refractivity contribution in [2.24, 2.45) is 4.99 Å². The van der Waals surface area contributed by atoms with Crippen molar-refractivity contribution in [1.29, 1.82) is 0 Å². The SMILES string of the molecule is CCCC1=C(C(C)=O)CC(C2Cc3ccccc3N2C(C)=O)=N1. The topological polar surface area (TPSA) is 49.7 Å². The molecule has 3 rings (SSSR count). The van der Waals surface area contributed by atoms with E-state index in [1.165, 1.54) is 5.56 Å². The normalized spacial score (nSPS) is 19.9. The number of nitrogens with zero attached hydrogens (tertiary/aromatic N) is 2. The Hall–Kier alpha value is -2.23. The number of aliphatic imine (C=N–C) groups is 1. The zero-order valence-corrected chi connectivity index (χ0v) is 13.9. The summed E-state index contributed by atoms with van der Waals surface area (Å²) in [5, 5.41) is 0. The molecule has 0 saturated carbocycles. The highest BCUT2D eigenvalue weighted by molar-refractivity contribution is 6.11. The molecule has 1 aromatic carbocycles. The van der Waals surface area contributed by atoms with E-state index >= 15 is 0 Å². The predicted octanol–water partition coefficient (Wildman–Crippen LogP) is 3.45. The molecule has 0 N–H and O–H groups in total. The van der Waals surface area contributed by atoms with Gasteiger partial charge in [0, 0.05) is 42.4 Å². The quantitative estimate of drug-likeness (QED) is 0.855. The number of amides is 1. The molecule has 2 heterocycles. The highest BCUT2D eigenvalue weighted by Gasteiger charge is 2.37. The van der Waals surface area contributed by atoms with Crippen molar-refractivity contribution >= 4 is 23.1 Å². The van der Waals surface area contributed by atoms with E-state index in [1.54, 1.807) is 13.8 Å². The Balaban J connectivity index is 1.93. The zero-order chi connectivity index (χ0) is 16.6. The maximum Gasteiger partial charge on any atom is 0.224 e. The van der Waals surface area contributed by atoms with E-state index in [-0.39, 0.29) is 17.7 Å². The lowest BCUT2D eigenvalue weighted by molar-refractivity contribution is -0.116. The molecule has 120 valence electrons. The van der Waals surface area contributed by atoms with E-state index in [2.05, 4.69) is 13.0 Å². The summed E-state index contributed by atoms with van der Waals surface area (Å²) < 4.78 is 0. The second kappa shape index (κ2) is 6.11. The average Bonchev–Trinajstić information content (AvgIpc) is 3.08. The van der Waals surface area contributed by atoms with Crippen molar-refractivity contribution in [3.05, 3.63) is 41.1 Å². The summed E-state index contributed by atoms with van der Waals surface area (Å²) in [5.41, 5.74) is 4.82. The molecule has 1 unspecified atom stereocenters. The molecule has 0 bridgehead atoms. The Morgan fingerprint density at radius 3 is 2.65 bits per heavy atom. The number of ketones is 1. The maximum atomic E-state index is 12.2. The Kier molecular flexibility index (Phi) is 4.16. The van der Waals surface area contributed by atoms with Crippen LogP contribution in [0.15, 0.2) is 40.5 Å². The van der Waals surface area contributed by atoms with Crippen molar-refractivity contribution < 1.29 is 9.59 Å². The Morgan fingerprint density at radius 2 is 2.00 bits per heavy atom. The molecule has 0 spiro atoms. The van der Waals surface area contributed by atoms with Gasteiger partial charge < -0.3 is 4.90 Å². The number of fused-ring (bicyclic) bond motifs is 1. The first kappa shape index (κ1) is 15.7. The van der Waals surface area contributed by atoms with E-state index in [1.807, 2.05) is 23.1 Å². The molecule has 23 heavy (non-hydrogen) atoms. The van der Waals surface area contributed by atoms with Crippen LogP contribution in [-0.4, -0.2) is 23.4 Å². The number of allylic oxidation sites excluding steroid dienone is 2. The van der Waals surface area contributed by atoms with Crippen molar-refractivity contribution in [3.8, 4) is 0 Å². The second-order valence-electron chi connectivity index (χ2n) is 6.25. The maximum absolute atomic E-state index is 12.2. The first-order valence-electron chi connectivity index (χ1n) is 8.21. The van der Waals surface area contributed by atoms with Gasteiger partial charge in [-0.15, -0.1) is 0 Å². The highest BCUT2D eigenvalue weighted by atomic mass is 16.2. The Morgan fingerprint density at radius 1 is 1.26 bits per heavy atom. The molecule has 0 aromatic heterocycles. The fraction of sp³-hybridized carbons (Fsp3) is 0.421. The molecule has 1 atom stereocenters. The molecule has 0 aliphatic carbocycles.